The van der Waals surface area contributed by atoms with E-state index >= 15 is 0 Å². The maximum Gasteiger partial charge on any atom is 0.239 e. The number of carbonyl (C=O) groups excluding carboxylic acids is 1. The Balaban J connectivity index is 2.79. The highest BCUT2D eigenvalue weighted by molar-refractivity contribution is 7.92. The molecule has 0 aliphatic rings. The van der Waals surface area contributed by atoms with Crippen molar-refractivity contribution in [2.45, 2.75) is 26.0 Å². The molecule has 21 heavy (non-hydrogen) atoms. The summed E-state index contributed by atoms with van der Waals surface area (Å²) in [6.45, 7) is 5.22. The highest BCUT2D eigenvalue weighted by Gasteiger charge is 2.26. The van der Waals surface area contributed by atoms with E-state index in [9.17, 15) is 13.2 Å². The molecular weight excluding hydrogens is 292 g/mol. The fourth-order valence-electron chi connectivity index (χ4n) is 1.70. The molecule has 1 unspecified atom stereocenters. The van der Waals surface area contributed by atoms with Gasteiger partial charge in [0.15, 0.2) is 9.84 Å². The molecule has 0 aliphatic carbocycles. The molecule has 7 heteroatoms. The second-order valence-corrected chi connectivity index (χ2v) is 7.62. The Hall–Kier alpha value is -1.76. The third kappa shape index (κ3) is 4.63. The molecule has 0 spiro atoms. The highest BCUT2D eigenvalue weighted by Crippen LogP contribution is 2.24. The zero-order valence-electron chi connectivity index (χ0n) is 12.7. The number of nitrogens with two attached hydrogens (primary N) is 1. The molecule has 1 atom stereocenters. The third-order valence-electron chi connectivity index (χ3n) is 3.37. The molecule has 0 aromatic heterocycles. The number of hydrogen-bond donors (Lipinski definition) is 2. The minimum Gasteiger partial charge on any atom is -0.497 e. The van der Waals surface area contributed by atoms with Gasteiger partial charge >= 0.3 is 0 Å². The van der Waals surface area contributed by atoms with Crippen LogP contribution in [0.3, 0.4) is 0 Å². The molecule has 0 fully saturated rings. The average Bonchev–Trinajstić information content (AvgIpc) is 2.39. The Bertz CT molecular complexity index is 611. The molecule has 0 saturated heterocycles. The summed E-state index contributed by atoms with van der Waals surface area (Å²) in [5.74, 6) is -0.641. The van der Waals surface area contributed by atoms with Crippen LogP contribution in [-0.4, -0.2) is 32.4 Å². The van der Waals surface area contributed by atoms with E-state index in [1.807, 2.05) is 13.8 Å². The molecule has 6 nitrogen and oxygen atoms in total. The van der Waals surface area contributed by atoms with Gasteiger partial charge in [-0.1, -0.05) is 13.8 Å². The second kappa shape index (κ2) is 6.80. The predicted molar refractivity (Wildman–Crippen MR) is 84.1 cm³/mol. The van der Waals surface area contributed by atoms with E-state index in [2.05, 4.69) is 5.32 Å². The normalized spacial score (nSPS) is 13.0. The van der Waals surface area contributed by atoms with Crippen LogP contribution >= 0.6 is 0 Å². The van der Waals surface area contributed by atoms with Crippen molar-refractivity contribution in [3.63, 3.8) is 0 Å². The van der Waals surface area contributed by atoms with E-state index < -0.39 is 26.7 Å². The molecule has 1 amide bonds. The second-order valence-electron chi connectivity index (χ2n) is 5.26. The number of ether oxygens (including phenoxy) is 1. The number of nitrogen functional groups attached to an aromatic ring is 1. The molecule has 0 aliphatic heterocycles. The lowest BCUT2D eigenvalue weighted by atomic mass is 10.2. The largest absolute Gasteiger partial charge is 0.497 e. The number of sulfone groups is 1. The number of methoxy groups -OCH3 is 1. The number of amides is 1. The maximum atomic E-state index is 12.0. The van der Waals surface area contributed by atoms with Gasteiger partial charge < -0.3 is 15.8 Å². The number of rotatable bonds is 6. The van der Waals surface area contributed by atoms with Gasteiger partial charge in [-0.2, -0.15) is 0 Å². The number of carbonyl (C=O) groups is 1. The molecule has 0 heterocycles. The first-order valence-electron chi connectivity index (χ1n) is 6.62. The number of nitrogens with one attached hydrogen (secondary N) is 1. The van der Waals surface area contributed by atoms with E-state index in [-0.39, 0.29) is 5.92 Å². The summed E-state index contributed by atoms with van der Waals surface area (Å²) < 4.78 is 29.1. The standard InChI is InChI=1S/C14H22N2O4S/c1-9(2)10(3)21(18,19)8-14(17)16-13-6-5-11(20-4)7-12(13)15/h5-7,9-10H,8,15H2,1-4H3,(H,16,17). The van der Waals surface area contributed by atoms with Crippen LogP contribution < -0.4 is 15.8 Å². The summed E-state index contributed by atoms with van der Waals surface area (Å²) in [7, 11) is -1.98. The van der Waals surface area contributed by atoms with E-state index in [0.29, 0.717) is 17.1 Å². The van der Waals surface area contributed by atoms with Crippen LogP contribution in [-0.2, 0) is 14.6 Å². The van der Waals surface area contributed by atoms with Crippen molar-refractivity contribution in [1.82, 2.24) is 0 Å². The summed E-state index contributed by atoms with van der Waals surface area (Å²) >= 11 is 0. The van der Waals surface area contributed by atoms with Crippen LogP contribution in [0.1, 0.15) is 20.8 Å². The van der Waals surface area contributed by atoms with E-state index in [4.69, 9.17) is 10.5 Å². The van der Waals surface area contributed by atoms with Gasteiger partial charge in [0.05, 0.1) is 23.7 Å². The van der Waals surface area contributed by atoms with Crippen LogP contribution in [0.5, 0.6) is 5.75 Å². The summed E-state index contributed by atoms with van der Waals surface area (Å²) in [5, 5.41) is 1.94. The molecule has 118 valence electrons. The average molecular weight is 314 g/mol. The Morgan fingerprint density at radius 3 is 2.43 bits per heavy atom. The lowest BCUT2D eigenvalue weighted by Crippen LogP contribution is -2.32. The number of anilines is 2. The minimum absolute atomic E-state index is 0.0474. The van der Waals surface area contributed by atoms with Crippen molar-refractivity contribution in [1.29, 1.82) is 0 Å². The Labute approximate surface area is 125 Å². The molecule has 1 aromatic rings. The Kier molecular flexibility index (Phi) is 5.60. The van der Waals surface area contributed by atoms with Gasteiger partial charge in [-0.05, 0) is 25.0 Å². The van der Waals surface area contributed by atoms with Crippen molar-refractivity contribution in [3.8, 4) is 5.75 Å². The zero-order valence-corrected chi connectivity index (χ0v) is 13.5. The SMILES string of the molecule is COc1ccc(NC(=O)CS(=O)(=O)C(C)C(C)C)c(N)c1. The van der Waals surface area contributed by atoms with E-state index in [1.54, 1.807) is 25.1 Å². The van der Waals surface area contributed by atoms with Crippen molar-refractivity contribution < 1.29 is 17.9 Å². The summed E-state index contributed by atoms with van der Waals surface area (Å²) in [5.41, 5.74) is 6.46. The first kappa shape index (κ1) is 17.3. The van der Waals surface area contributed by atoms with E-state index in [1.165, 1.54) is 7.11 Å². The molecule has 0 saturated carbocycles. The van der Waals surface area contributed by atoms with E-state index in [0.717, 1.165) is 0 Å². The Morgan fingerprint density at radius 2 is 1.95 bits per heavy atom. The van der Waals surface area contributed by atoms with Crippen molar-refractivity contribution in [2.75, 3.05) is 23.9 Å². The fourth-order valence-corrected chi connectivity index (χ4v) is 3.23. The van der Waals surface area contributed by atoms with Crippen LogP contribution in [0.2, 0.25) is 0 Å². The van der Waals surface area contributed by atoms with Crippen molar-refractivity contribution >= 4 is 27.1 Å². The minimum atomic E-state index is -3.48. The van der Waals surface area contributed by atoms with Crippen molar-refractivity contribution in [3.05, 3.63) is 18.2 Å². The maximum absolute atomic E-state index is 12.0. The van der Waals surface area contributed by atoms with Crippen LogP contribution in [0.25, 0.3) is 0 Å². The predicted octanol–water partition coefficient (Wildman–Crippen LogP) is 1.68. The monoisotopic (exact) mass is 314 g/mol. The highest BCUT2D eigenvalue weighted by atomic mass is 32.2. The molecular formula is C14H22N2O4S. The third-order valence-corrected chi connectivity index (χ3v) is 5.71. The smallest absolute Gasteiger partial charge is 0.239 e. The summed E-state index contributed by atoms with van der Waals surface area (Å²) in [6.07, 6.45) is 0. The van der Waals surface area contributed by atoms with Crippen LogP contribution in [0, 0.1) is 5.92 Å². The van der Waals surface area contributed by atoms with Gasteiger partial charge in [0, 0.05) is 6.07 Å². The van der Waals surface area contributed by atoms with Gasteiger partial charge in [0.25, 0.3) is 0 Å². The van der Waals surface area contributed by atoms with Gasteiger partial charge in [0.1, 0.15) is 11.5 Å². The topological polar surface area (TPSA) is 98.5 Å². The lowest BCUT2D eigenvalue weighted by Gasteiger charge is -2.16. The number of benzene rings is 1. The van der Waals surface area contributed by atoms with Gasteiger partial charge in [-0.25, -0.2) is 8.42 Å². The molecule has 3 N–H and O–H groups in total. The molecule has 0 radical (unpaired) electrons. The molecule has 1 rings (SSSR count). The van der Waals surface area contributed by atoms with Gasteiger partial charge in [0.2, 0.25) is 5.91 Å². The number of hydrogen-bond acceptors (Lipinski definition) is 5. The van der Waals surface area contributed by atoms with Crippen molar-refractivity contribution in [2.24, 2.45) is 5.92 Å². The zero-order chi connectivity index (χ0) is 16.2. The first-order valence-corrected chi connectivity index (χ1v) is 8.34. The van der Waals surface area contributed by atoms with Crippen LogP contribution in [0.15, 0.2) is 18.2 Å². The fraction of sp³-hybridized carbons (Fsp3) is 0.500. The molecule has 0 bridgehead atoms. The lowest BCUT2D eigenvalue weighted by molar-refractivity contribution is -0.113. The summed E-state index contributed by atoms with van der Waals surface area (Å²) in [6, 6.07) is 4.77. The summed E-state index contributed by atoms with van der Waals surface area (Å²) in [4.78, 5) is 11.9. The van der Waals surface area contributed by atoms with Gasteiger partial charge in [-0.3, -0.25) is 4.79 Å². The van der Waals surface area contributed by atoms with Gasteiger partial charge in [-0.15, -0.1) is 0 Å². The first-order chi connectivity index (χ1) is 9.67. The molecule has 1 aromatic carbocycles. The van der Waals surface area contributed by atoms with Crippen LogP contribution in [0.4, 0.5) is 11.4 Å². The Morgan fingerprint density at radius 1 is 1.33 bits per heavy atom. The quantitative estimate of drug-likeness (QED) is 0.778.